The molecule has 1 aliphatic carbocycles. The van der Waals surface area contributed by atoms with Gasteiger partial charge in [0, 0.05) is 33.1 Å². The lowest BCUT2D eigenvalue weighted by molar-refractivity contribution is 0.661. The van der Waals surface area contributed by atoms with Crippen LogP contribution in [0.5, 0.6) is 0 Å². The van der Waals surface area contributed by atoms with Crippen molar-refractivity contribution in [2.45, 2.75) is 19.3 Å². The summed E-state index contributed by atoms with van der Waals surface area (Å²) >= 11 is 0. The van der Waals surface area contributed by atoms with Crippen LogP contribution in [0.15, 0.2) is 109 Å². The largest absolute Gasteiger partial charge is 0.398 e. The highest BCUT2D eigenvalue weighted by atomic mass is 15.0. The fourth-order valence-electron chi connectivity index (χ4n) is 6.01. The van der Waals surface area contributed by atoms with E-state index in [1.54, 1.807) is 0 Å². The first kappa shape index (κ1) is 20.1. The van der Waals surface area contributed by atoms with Gasteiger partial charge in [0.25, 0.3) is 0 Å². The first-order valence-electron chi connectivity index (χ1n) is 12.2. The fourth-order valence-corrected chi connectivity index (χ4v) is 6.01. The van der Waals surface area contributed by atoms with Crippen molar-refractivity contribution >= 4 is 27.5 Å². The number of nitrogen functional groups attached to an aromatic ring is 1. The predicted molar refractivity (Wildman–Crippen MR) is 148 cm³/mol. The minimum atomic E-state index is -0.0427. The van der Waals surface area contributed by atoms with E-state index in [-0.39, 0.29) is 5.41 Å². The number of hydrogen-bond acceptors (Lipinski definition) is 1. The molecule has 0 unspecified atom stereocenters. The molecular weight excluding hydrogens is 424 g/mol. The molecule has 0 bridgehead atoms. The van der Waals surface area contributed by atoms with Gasteiger partial charge >= 0.3 is 0 Å². The molecule has 7 rings (SSSR count). The summed E-state index contributed by atoms with van der Waals surface area (Å²) in [5.74, 6) is 0. The molecule has 2 N–H and O–H groups in total. The van der Waals surface area contributed by atoms with E-state index < -0.39 is 0 Å². The number of fused-ring (bicyclic) bond motifs is 6. The minimum absolute atomic E-state index is 0.0427. The molecular formula is C33H26N2. The third-order valence-corrected chi connectivity index (χ3v) is 7.77. The number of rotatable bonds is 2. The number of nitrogens with zero attached hydrogens (tertiary/aromatic N) is 1. The maximum atomic E-state index is 6.66. The Morgan fingerprint density at radius 2 is 1.17 bits per heavy atom. The van der Waals surface area contributed by atoms with Gasteiger partial charge in [0.05, 0.1) is 11.0 Å². The fraction of sp³-hybridized carbons (Fsp3) is 0.0909. The van der Waals surface area contributed by atoms with Gasteiger partial charge in [-0.05, 0) is 64.2 Å². The van der Waals surface area contributed by atoms with Crippen LogP contribution < -0.4 is 5.73 Å². The van der Waals surface area contributed by atoms with Crippen LogP contribution in [-0.2, 0) is 5.41 Å². The minimum Gasteiger partial charge on any atom is -0.398 e. The number of para-hydroxylation sites is 2. The van der Waals surface area contributed by atoms with Crippen LogP contribution in [0.4, 0.5) is 5.69 Å². The molecule has 0 fully saturated rings. The highest BCUT2D eigenvalue weighted by Gasteiger charge is 2.35. The van der Waals surface area contributed by atoms with Gasteiger partial charge in [-0.15, -0.1) is 0 Å². The average molecular weight is 451 g/mol. The second kappa shape index (κ2) is 7.10. The summed E-state index contributed by atoms with van der Waals surface area (Å²) in [5.41, 5.74) is 18.5. The Hall–Kier alpha value is -4.30. The van der Waals surface area contributed by atoms with Crippen molar-refractivity contribution in [3.63, 3.8) is 0 Å². The van der Waals surface area contributed by atoms with E-state index in [0.29, 0.717) is 0 Å². The molecule has 0 spiro atoms. The predicted octanol–water partition coefficient (Wildman–Crippen LogP) is 8.34. The SMILES string of the molecule is CC1(C)c2ccccc2-c2cc(-c3ccc(-n4c5ccccc5c5ccccc54)cc3)c(N)cc21. The van der Waals surface area contributed by atoms with E-state index in [9.17, 15) is 0 Å². The molecule has 5 aromatic carbocycles. The molecule has 168 valence electrons. The topological polar surface area (TPSA) is 30.9 Å². The van der Waals surface area contributed by atoms with Gasteiger partial charge in [-0.1, -0.05) is 86.6 Å². The zero-order chi connectivity index (χ0) is 23.7. The summed E-state index contributed by atoms with van der Waals surface area (Å²) in [7, 11) is 0. The second-order valence-corrected chi connectivity index (χ2v) is 10.1. The summed E-state index contributed by atoms with van der Waals surface area (Å²) < 4.78 is 2.35. The van der Waals surface area contributed by atoms with Gasteiger partial charge < -0.3 is 10.3 Å². The Labute approximate surface area is 205 Å². The van der Waals surface area contributed by atoms with E-state index in [1.807, 2.05) is 0 Å². The molecule has 35 heavy (non-hydrogen) atoms. The summed E-state index contributed by atoms with van der Waals surface area (Å²) in [6.07, 6.45) is 0. The Bertz CT molecular complexity index is 1710. The number of hydrogen-bond donors (Lipinski definition) is 1. The van der Waals surface area contributed by atoms with Crippen molar-refractivity contribution in [2.75, 3.05) is 5.73 Å². The third-order valence-electron chi connectivity index (χ3n) is 7.77. The lowest BCUT2D eigenvalue weighted by atomic mass is 9.82. The molecule has 1 aliphatic rings. The van der Waals surface area contributed by atoms with Crippen LogP contribution in [0, 0.1) is 0 Å². The van der Waals surface area contributed by atoms with E-state index in [4.69, 9.17) is 5.73 Å². The van der Waals surface area contributed by atoms with Crippen molar-refractivity contribution in [1.82, 2.24) is 4.57 Å². The molecule has 0 aliphatic heterocycles. The van der Waals surface area contributed by atoms with Gasteiger partial charge in [0.2, 0.25) is 0 Å². The van der Waals surface area contributed by atoms with Crippen LogP contribution in [0.2, 0.25) is 0 Å². The standard InChI is InChI=1S/C33H26N2/c1-33(2)28-12-6-3-9-23(28)27-19-26(30(34)20-29(27)33)21-15-17-22(18-16-21)35-31-13-7-4-10-24(31)25-11-5-8-14-32(25)35/h3-20H,34H2,1-2H3. The second-order valence-electron chi connectivity index (χ2n) is 10.1. The normalized spacial score (nSPS) is 13.8. The zero-order valence-electron chi connectivity index (χ0n) is 19.9. The van der Waals surface area contributed by atoms with Crippen molar-refractivity contribution < 1.29 is 0 Å². The Kier molecular flexibility index (Phi) is 4.08. The quantitative estimate of drug-likeness (QED) is 0.264. The Balaban J connectivity index is 1.37. The monoisotopic (exact) mass is 450 g/mol. The molecule has 0 atom stereocenters. The van der Waals surface area contributed by atoms with E-state index in [2.05, 4.69) is 128 Å². The molecule has 0 saturated carbocycles. The average Bonchev–Trinajstić information content (AvgIpc) is 3.33. The molecule has 2 heteroatoms. The van der Waals surface area contributed by atoms with E-state index in [1.165, 1.54) is 44.1 Å². The van der Waals surface area contributed by atoms with Gasteiger partial charge in [-0.2, -0.15) is 0 Å². The van der Waals surface area contributed by atoms with E-state index >= 15 is 0 Å². The van der Waals surface area contributed by atoms with Crippen molar-refractivity contribution in [3.05, 3.63) is 120 Å². The number of aromatic nitrogens is 1. The van der Waals surface area contributed by atoms with Gasteiger partial charge in [-0.3, -0.25) is 0 Å². The number of anilines is 1. The van der Waals surface area contributed by atoms with E-state index in [0.717, 1.165) is 22.5 Å². The van der Waals surface area contributed by atoms with Crippen LogP contribution in [0.3, 0.4) is 0 Å². The summed E-state index contributed by atoms with van der Waals surface area (Å²) in [4.78, 5) is 0. The van der Waals surface area contributed by atoms with Crippen LogP contribution in [-0.4, -0.2) is 4.57 Å². The van der Waals surface area contributed by atoms with Gasteiger partial charge in [0.15, 0.2) is 0 Å². The Morgan fingerprint density at radius 1 is 0.571 bits per heavy atom. The smallest absolute Gasteiger partial charge is 0.0541 e. The molecule has 0 amide bonds. The highest BCUT2D eigenvalue weighted by molar-refractivity contribution is 6.09. The third kappa shape index (κ3) is 2.77. The van der Waals surface area contributed by atoms with Gasteiger partial charge in [-0.25, -0.2) is 0 Å². The Morgan fingerprint density at radius 3 is 1.86 bits per heavy atom. The summed E-state index contributed by atoms with van der Waals surface area (Å²) in [5, 5.41) is 2.55. The highest BCUT2D eigenvalue weighted by Crippen LogP contribution is 2.50. The molecule has 6 aromatic rings. The van der Waals surface area contributed by atoms with Crippen molar-refractivity contribution in [1.29, 1.82) is 0 Å². The molecule has 0 radical (unpaired) electrons. The molecule has 2 nitrogen and oxygen atoms in total. The number of benzene rings is 5. The number of nitrogens with two attached hydrogens (primary N) is 1. The lowest BCUT2D eigenvalue weighted by Crippen LogP contribution is -2.15. The first-order chi connectivity index (χ1) is 17.0. The van der Waals surface area contributed by atoms with Crippen molar-refractivity contribution in [3.8, 4) is 27.9 Å². The van der Waals surface area contributed by atoms with Crippen LogP contribution in [0.1, 0.15) is 25.0 Å². The first-order valence-corrected chi connectivity index (χ1v) is 12.2. The molecule has 1 aromatic heterocycles. The maximum absolute atomic E-state index is 6.66. The molecule has 1 heterocycles. The zero-order valence-corrected chi connectivity index (χ0v) is 19.9. The summed E-state index contributed by atoms with van der Waals surface area (Å²) in [6, 6.07) is 39.2. The van der Waals surface area contributed by atoms with Crippen LogP contribution >= 0.6 is 0 Å². The van der Waals surface area contributed by atoms with Gasteiger partial charge in [0.1, 0.15) is 0 Å². The van der Waals surface area contributed by atoms with Crippen molar-refractivity contribution in [2.24, 2.45) is 0 Å². The molecule has 0 saturated heterocycles. The van der Waals surface area contributed by atoms with Crippen LogP contribution in [0.25, 0.3) is 49.7 Å². The lowest BCUT2D eigenvalue weighted by Gasteiger charge is -2.22. The summed E-state index contributed by atoms with van der Waals surface area (Å²) in [6.45, 7) is 4.58. The maximum Gasteiger partial charge on any atom is 0.0541 e.